The number of aryl methyl sites for hydroxylation is 1. The molecule has 3 amide bonds. The predicted molar refractivity (Wildman–Crippen MR) is 123 cm³/mol. The molecular formula is C23H24N4O4S. The zero-order valence-corrected chi connectivity index (χ0v) is 18.9. The molecule has 0 unspecified atom stereocenters. The number of nitrogens with one attached hydrogen (secondary N) is 1. The number of anilines is 1. The molecule has 4 rings (SSSR count). The van der Waals surface area contributed by atoms with Crippen LogP contribution in [0.2, 0.25) is 0 Å². The zero-order valence-electron chi connectivity index (χ0n) is 18.1. The normalized spacial score (nSPS) is 19.2. The van der Waals surface area contributed by atoms with Crippen molar-refractivity contribution >= 4 is 40.3 Å². The van der Waals surface area contributed by atoms with Gasteiger partial charge in [0.05, 0.1) is 12.3 Å². The standard InChI is InChI=1S/C23H24N4O4S/c1-15-10-11-20-19(14-15)23(27(17(3)29)25-22(32-23)24-16(2)28)21(30)26(20)12-7-13-31-18-8-5-4-6-9-18/h4-6,8-11,14H,7,12-13H2,1-3H3,(H,24,25,28)/t23-/m0/s1. The number of hydrogen-bond donors (Lipinski definition) is 1. The van der Waals surface area contributed by atoms with Gasteiger partial charge in [0, 0.05) is 26.0 Å². The van der Waals surface area contributed by atoms with Crippen LogP contribution in [0.5, 0.6) is 5.75 Å². The van der Waals surface area contributed by atoms with Gasteiger partial charge >= 0.3 is 0 Å². The first-order valence-corrected chi connectivity index (χ1v) is 11.1. The molecule has 2 aliphatic heterocycles. The lowest BCUT2D eigenvalue weighted by Crippen LogP contribution is -2.48. The first-order valence-electron chi connectivity index (χ1n) is 10.3. The lowest BCUT2D eigenvalue weighted by Gasteiger charge is -2.29. The number of benzene rings is 2. The molecule has 1 N–H and O–H groups in total. The Morgan fingerprint density at radius 3 is 2.59 bits per heavy atom. The maximum Gasteiger partial charge on any atom is 0.270 e. The molecule has 0 bridgehead atoms. The third kappa shape index (κ3) is 3.84. The molecule has 0 saturated carbocycles. The Morgan fingerprint density at radius 2 is 1.91 bits per heavy atom. The Balaban J connectivity index is 1.61. The molecule has 0 saturated heterocycles. The van der Waals surface area contributed by atoms with Crippen molar-refractivity contribution in [2.45, 2.75) is 32.1 Å². The fourth-order valence-electron chi connectivity index (χ4n) is 3.88. The number of carbonyl (C=O) groups is 3. The molecule has 9 heteroatoms. The molecule has 0 aliphatic carbocycles. The van der Waals surface area contributed by atoms with Gasteiger partial charge in [-0.25, -0.2) is 0 Å². The molecule has 0 radical (unpaired) electrons. The van der Waals surface area contributed by atoms with Crippen LogP contribution < -0.4 is 15.0 Å². The van der Waals surface area contributed by atoms with Crippen LogP contribution in [0.15, 0.2) is 53.6 Å². The Labute approximate surface area is 190 Å². The average molecular weight is 453 g/mol. The number of fused-ring (bicyclic) bond motifs is 2. The van der Waals surface area contributed by atoms with E-state index in [-0.39, 0.29) is 22.9 Å². The highest BCUT2D eigenvalue weighted by Crippen LogP contribution is 2.54. The summed E-state index contributed by atoms with van der Waals surface area (Å²) in [6.07, 6.45) is 0.605. The van der Waals surface area contributed by atoms with Crippen LogP contribution in [0.1, 0.15) is 31.4 Å². The number of rotatable bonds is 5. The van der Waals surface area contributed by atoms with E-state index in [1.807, 2.05) is 55.5 Å². The Kier molecular flexibility index (Phi) is 5.92. The van der Waals surface area contributed by atoms with Crippen molar-refractivity contribution in [2.75, 3.05) is 18.1 Å². The van der Waals surface area contributed by atoms with Crippen LogP contribution in [-0.4, -0.2) is 41.0 Å². The van der Waals surface area contributed by atoms with Gasteiger partial charge in [0.25, 0.3) is 5.91 Å². The van der Waals surface area contributed by atoms with E-state index in [0.29, 0.717) is 25.1 Å². The highest BCUT2D eigenvalue weighted by Gasteiger charge is 2.61. The van der Waals surface area contributed by atoms with Crippen LogP contribution in [0, 0.1) is 6.92 Å². The quantitative estimate of drug-likeness (QED) is 0.705. The van der Waals surface area contributed by atoms with E-state index in [1.165, 1.54) is 18.9 Å². The summed E-state index contributed by atoms with van der Waals surface area (Å²) >= 11 is 1.09. The van der Waals surface area contributed by atoms with Gasteiger partial charge < -0.3 is 15.0 Å². The van der Waals surface area contributed by atoms with E-state index in [2.05, 4.69) is 10.4 Å². The van der Waals surface area contributed by atoms with Gasteiger partial charge in [-0.2, -0.15) is 5.01 Å². The first-order chi connectivity index (χ1) is 15.3. The topological polar surface area (TPSA) is 91.3 Å². The van der Waals surface area contributed by atoms with Crippen molar-refractivity contribution in [1.29, 1.82) is 0 Å². The molecule has 2 aromatic carbocycles. The van der Waals surface area contributed by atoms with E-state index >= 15 is 0 Å². The first kappa shape index (κ1) is 21.9. The summed E-state index contributed by atoms with van der Waals surface area (Å²) in [6, 6.07) is 15.2. The SMILES string of the molecule is CC(=O)NC1=NN(C(C)=O)[C@@]2(S1)C(=O)N(CCCOc1ccccc1)c1ccc(C)cc12. The van der Waals surface area contributed by atoms with E-state index < -0.39 is 4.87 Å². The van der Waals surface area contributed by atoms with Gasteiger partial charge in [0.2, 0.25) is 16.7 Å². The molecule has 8 nitrogen and oxygen atoms in total. The van der Waals surface area contributed by atoms with Gasteiger partial charge in [-0.15, -0.1) is 5.10 Å². The van der Waals surface area contributed by atoms with Crippen molar-refractivity contribution in [3.05, 3.63) is 59.7 Å². The Morgan fingerprint density at radius 1 is 1.16 bits per heavy atom. The highest BCUT2D eigenvalue weighted by molar-refractivity contribution is 8.15. The molecule has 1 atom stereocenters. The third-order valence-corrected chi connectivity index (χ3v) is 6.44. The maximum absolute atomic E-state index is 13.8. The monoisotopic (exact) mass is 452 g/mol. The molecule has 2 heterocycles. The number of thioether (sulfide) groups is 1. The maximum atomic E-state index is 13.8. The zero-order chi connectivity index (χ0) is 22.9. The van der Waals surface area contributed by atoms with Crippen LogP contribution in [0.3, 0.4) is 0 Å². The minimum absolute atomic E-state index is 0.225. The number of hydrogen-bond acceptors (Lipinski definition) is 6. The Bertz CT molecular complexity index is 1100. The lowest BCUT2D eigenvalue weighted by molar-refractivity contribution is -0.139. The van der Waals surface area contributed by atoms with Crippen molar-refractivity contribution in [3.8, 4) is 5.75 Å². The second kappa shape index (κ2) is 8.66. The summed E-state index contributed by atoms with van der Waals surface area (Å²) in [5, 5.41) is 8.30. The number of ether oxygens (including phenoxy) is 1. The lowest BCUT2D eigenvalue weighted by atomic mass is 10.0. The molecule has 2 aliphatic rings. The van der Waals surface area contributed by atoms with E-state index in [0.717, 1.165) is 28.8 Å². The molecule has 1 spiro atoms. The van der Waals surface area contributed by atoms with Crippen LogP contribution in [0.25, 0.3) is 0 Å². The number of hydrazone groups is 1. The fourth-order valence-corrected chi connectivity index (χ4v) is 5.20. The largest absolute Gasteiger partial charge is 0.494 e. The van der Waals surface area contributed by atoms with Gasteiger partial charge in [-0.3, -0.25) is 14.4 Å². The van der Waals surface area contributed by atoms with Gasteiger partial charge in [0.15, 0.2) is 5.17 Å². The molecule has 166 valence electrons. The molecule has 0 fully saturated rings. The summed E-state index contributed by atoms with van der Waals surface area (Å²) in [4.78, 5) is 38.2. The van der Waals surface area contributed by atoms with E-state index in [1.54, 1.807) is 4.90 Å². The molecule has 0 aromatic heterocycles. The van der Waals surface area contributed by atoms with Crippen molar-refractivity contribution in [3.63, 3.8) is 0 Å². The van der Waals surface area contributed by atoms with Crippen LogP contribution in [-0.2, 0) is 19.3 Å². The summed E-state index contributed by atoms with van der Waals surface area (Å²) in [5.41, 5.74) is 2.39. The second-order valence-corrected chi connectivity index (χ2v) is 8.84. The molecular weight excluding hydrogens is 428 g/mol. The number of amides is 3. The molecule has 32 heavy (non-hydrogen) atoms. The third-order valence-electron chi connectivity index (χ3n) is 5.20. The number of nitrogens with zero attached hydrogens (tertiary/aromatic N) is 3. The molecule has 2 aromatic rings. The van der Waals surface area contributed by atoms with Crippen molar-refractivity contribution in [1.82, 2.24) is 10.3 Å². The van der Waals surface area contributed by atoms with Gasteiger partial charge in [0.1, 0.15) is 5.75 Å². The fraction of sp³-hybridized carbons (Fsp3) is 0.304. The summed E-state index contributed by atoms with van der Waals surface area (Å²) < 4.78 is 5.77. The van der Waals surface area contributed by atoms with Gasteiger partial charge in [-0.1, -0.05) is 35.9 Å². The summed E-state index contributed by atoms with van der Waals surface area (Å²) in [5.74, 6) is -0.188. The van der Waals surface area contributed by atoms with Crippen molar-refractivity contribution in [2.24, 2.45) is 5.10 Å². The number of amidine groups is 1. The minimum atomic E-state index is -1.37. The summed E-state index contributed by atoms with van der Waals surface area (Å²) in [7, 11) is 0. The Hall–Kier alpha value is -3.33. The minimum Gasteiger partial charge on any atom is -0.494 e. The number of carbonyl (C=O) groups excluding carboxylic acids is 3. The van der Waals surface area contributed by atoms with Crippen LogP contribution in [0.4, 0.5) is 5.69 Å². The second-order valence-electron chi connectivity index (χ2n) is 7.66. The smallest absolute Gasteiger partial charge is 0.270 e. The predicted octanol–water partition coefficient (Wildman–Crippen LogP) is 2.97. The average Bonchev–Trinajstić information content (AvgIpc) is 3.23. The summed E-state index contributed by atoms with van der Waals surface area (Å²) in [6.45, 7) is 5.52. The van der Waals surface area contributed by atoms with E-state index in [9.17, 15) is 14.4 Å². The van der Waals surface area contributed by atoms with Crippen molar-refractivity contribution < 1.29 is 19.1 Å². The number of para-hydroxylation sites is 1. The van der Waals surface area contributed by atoms with Gasteiger partial charge in [-0.05, 0) is 43.3 Å². The van der Waals surface area contributed by atoms with Crippen LogP contribution >= 0.6 is 11.8 Å². The van der Waals surface area contributed by atoms with E-state index in [4.69, 9.17) is 4.74 Å². The highest BCUT2D eigenvalue weighted by atomic mass is 32.2.